The molecule has 84 valence electrons. The van der Waals surface area contributed by atoms with Gasteiger partial charge in [0.2, 0.25) is 0 Å². The number of rotatable bonds is 2. The van der Waals surface area contributed by atoms with Gasteiger partial charge in [0, 0.05) is 18.1 Å². The van der Waals surface area contributed by atoms with E-state index in [0.29, 0.717) is 6.04 Å². The van der Waals surface area contributed by atoms with Crippen LogP contribution in [0.1, 0.15) is 54.4 Å². The molecule has 0 aromatic heterocycles. The Morgan fingerprint density at radius 3 is 1.64 bits per heavy atom. The molecule has 1 heterocycles. The Morgan fingerprint density at radius 1 is 0.929 bits per heavy atom. The fraction of sp³-hybridized carbons (Fsp3) is 1.00. The molecule has 1 heteroatoms. The van der Waals surface area contributed by atoms with E-state index in [2.05, 4.69) is 46.4 Å². The first-order valence-electron chi connectivity index (χ1n) is 6.21. The van der Waals surface area contributed by atoms with Gasteiger partial charge in [-0.15, -0.1) is 0 Å². The van der Waals surface area contributed by atoms with Crippen LogP contribution in [0.4, 0.5) is 0 Å². The van der Waals surface area contributed by atoms with Crippen molar-refractivity contribution in [2.45, 2.75) is 72.5 Å². The minimum Gasteiger partial charge on any atom is -0.296 e. The number of piperidine rings is 1. The maximum atomic E-state index is 2.68. The number of hydrogen-bond acceptors (Lipinski definition) is 1. The van der Waals surface area contributed by atoms with Crippen molar-refractivity contribution in [2.24, 2.45) is 11.8 Å². The molecule has 1 fully saturated rings. The molecule has 1 aliphatic rings. The van der Waals surface area contributed by atoms with Gasteiger partial charge in [-0.05, 0) is 52.4 Å². The van der Waals surface area contributed by atoms with Crippen molar-refractivity contribution in [3.8, 4) is 0 Å². The molecule has 2 atom stereocenters. The summed E-state index contributed by atoms with van der Waals surface area (Å²) in [6.45, 7) is 14.2. The van der Waals surface area contributed by atoms with Crippen LogP contribution in [0.3, 0.4) is 0 Å². The first-order chi connectivity index (χ1) is 6.43. The maximum Gasteiger partial charge on any atom is 0.00751 e. The summed E-state index contributed by atoms with van der Waals surface area (Å²) in [5.41, 5.74) is 0. The molecular formula is C13H27N. The van der Waals surface area contributed by atoms with Crippen LogP contribution in [0, 0.1) is 11.8 Å². The van der Waals surface area contributed by atoms with Gasteiger partial charge in [0.1, 0.15) is 0 Å². The minimum absolute atomic E-state index is 0.702. The van der Waals surface area contributed by atoms with E-state index in [1.54, 1.807) is 0 Å². The van der Waals surface area contributed by atoms with Crippen LogP contribution in [-0.4, -0.2) is 23.0 Å². The molecule has 1 rings (SSSR count). The first kappa shape index (κ1) is 12.0. The third-order valence-electron chi connectivity index (χ3n) is 3.84. The highest BCUT2D eigenvalue weighted by atomic mass is 15.2. The van der Waals surface area contributed by atoms with Crippen molar-refractivity contribution in [1.29, 1.82) is 0 Å². The van der Waals surface area contributed by atoms with Crippen molar-refractivity contribution in [1.82, 2.24) is 4.90 Å². The Balaban J connectivity index is 2.63. The SMILES string of the molecule is CC(C)C1CC(C)N(C(C)C)C(C)C1. The Labute approximate surface area is 89.9 Å². The smallest absolute Gasteiger partial charge is 0.00751 e. The molecule has 0 saturated carbocycles. The third kappa shape index (κ3) is 2.50. The molecule has 0 bridgehead atoms. The van der Waals surface area contributed by atoms with Gasteiger partial charge in [0.05, 0.1) is 0 Å². The lowest BCUT2D eigenvalue weighted by molar-refractivity contribution is 0.0295. The molecular weight excluding hydrogens is 170 g/mol. The van der Waals surface area contributed by atoms with Crippen LogP contribution < -0.4 is 0 Å². The molecule has 1 saturated heterocycles. The minimum atomic E-state index is 0.702. The van der Waals surface area contributed by atoms with Crippen molar-refractivity contribution in [3.63, 3.8) is 0 Å². The van der Waals surface area contributed by atoms with Crippen molar-refractivity contribution >= 4 is 0 Å². The lowest BCUT2D eigenvalue weighted by Gasteiger charge is -2.46. The normalized spacial score (nSPS) is 35.6. The topological polar surface area (TPSA) is 3.24 Å². The summed E-state index contributed by atoms with van der Waals surface area (Å²) >= 11 is 0. The summed E-state index contributed by atoms with van der Waals surface area (Å²) < 4.78 is 0. The lowest BCUT2D eigenvalue weighted by Crippen LogP contribution is -2.50. The number of nitrogens with zero attached hydrogens (tertiary/aromatic N) is 1. The van der Waals surface area contributed by atoms with Crippen molar-refractivity contribution < 1.29 is 0 Å². The first-order valence-corrected chi connectivity index (χ1v) is 6.21. The molecule has 0 aliphatic carbocycles. The highest BCUT2D eigenvalue weighted by Crippen LogP contribution is 2.33. The number of likely N-dealkylation sites (tertiary alicyclic amines) is 1. The summed E-state index contributed by atoms with van der Waals surface area (Å²) in [7, 11) is 0. The van der Waals surface area contributed by atoms with E-state index in [9.17, 15) is 0 Å². The van der Waals surface area contributed by atoms with Gasteiger partial charge in [-0.25, -0.2) is 0 Å². The van der Waals surface area contributed by atoms with Crippen LogP contribution in [0.15, 0.2) is 0 Å². The summed E-state index contributed by atoms with van der Waals surface area (Å²) in [5.74, 6) is 1.80. The standard InChI is InChI=1S/C13H27N/c1-9(2)13-7-11(5)14(10(3)4)12(6)8-13/h9-13H,7-8H2,1-6H3. The molecule has 2 unspecified atom stereocenters. The van der Waals surface area contributed by atoms with Gasteiger partial charge in [-0.1, -0.05) is 13.8 Å². The quantitative estimate of drug-likeness (QED) is 0.654. The average molecular weight is 197 g/mol. The van der Waals surface area contributed by atoms with Gasteiger partial charge in [0.15, 0.2) is 0 Å². The zero-order valence-electron chi connectivity index (χ0n) is 10.7. The van der Waals surface area contributed by atoms with E-state index in [4.69, 9.17) is 0 Å². The van der Waals surface area contributed by atoms with E-state index in [-0.39, 0.29) is 0 Å². The highest BCUT2D eigenvalue weighted by Gasteiger charge is 2.33. The maximum absolute atomic E-state index is 2.68. The molecule has 0 N–H and O–H groups in total. The van der Waals surface area contributed by atoms with Crippen LogP contribution in [0.5, 0.6) is 0 Å². The Bertz CT molecular complexity index is 162. The van der Waals surface area contributed by atoms with Gasteiger partial charge < -0.3 is 0 Å². The predicted molar refractivity (Wildman–Crippen MR) is 63.5 cm³/mol. The summed E-state index contributed by atoms with van der Waals surface area (Å²) in [6.07, 6.45) is 2.78. The fourth-order valence-electron chi connectivity index (χ4n) is 3.21. The van der Waals surface area contributed by atoms with Crippen LogP contribution in [0.25, 0.3) is 0 Å². The van der Waals surface area contributed by atoms with Crippen LogP contribution in [-0.2, 0) is 0 Å². The number of hydrogen-bond donors (Lipinski definition) is 0. The van der Waals surface area contributed by atoms with Gasteiger partial charge >= 0.3 is 0 Å². The fourth-order valence-corrected chi connectivity index (χ4v) is 3.21. The van der Waals surface area contributed by atoms with E-state index >= 15 is 0 Å². The monoisotopic (exact) mass is 197 g/mol. The zero-order chi connectivity index (χ0) is 10.9. The Hall–Kier alpha value is -0.0400. The van der Waals surface area contributed by atoms with E-state index in [0.717, 1.165) is 23.9 Å². The Kier molecular flexibility index (Phi) is 4.00. The van der Waals surface area contributed by atoms with Crippen molar-refractivity contribution in [3.05, 3.63) is 0 Å². The lowest BCUT2D eigenvalue weighted by atomic mass is 9.80. The summed E-state index contributed by atoms with van der Waals surface area (Å²) in [4.78, 5) is 2.68. The molecule has 0 radical (unpaired) electrons. The Morgan fingerprint density at radius 2 is 1.36 bits per heavy atom. The summed E-state index contributed by atoms with van der Waals surface area (Å²) in [6, 6.07) is 2.24. The van der Waals surface area contributed by atoms with E-state index in [1.807, 2.05) is 0 Å². The van der Waals surface area contributed by atoms with E-state index < -0.39 is 0 Å². The summed E-state index contributed by atoms with van der Waals surface area (Å²) in [5, 5.41) is 0. The molecule has 0 aromatic rings. The zero-order valence-corrected chi connectivity index (χ0v) is 10.7. The second kappa shape index (κ2) is 4.65. The van der Waals surface area contributed by atoms with E-state index in [1.165, 1.54) is 12.8 Å². The molecule has 1 nitrogen and oxygen atoms in total. The van der Waals surface area contributed by atoms with Crippen LogP contribution in [0.2, 0.25) is 0 Å². The second-order valence-electron chi connectivity index (χ2n) is 5.71. The van der Waals surface area contributed by atoms with Crippen LogP contribution >= 0.6 is 0 Å². The third-order valence-corrected chi connectivity index (χ3v) is 3.84. The van der Waals surface area contributed by atoms with Gasteiger partial charge in [-0.2, -0.15) is 0 Å². The highest BCUT2D eigenvalue weighted by molar-refractivity contribution is 4.87. The molecule has 0 aromatic carbocycles. The van der Waals surface area contributed by atoms with Crippen molar-refractivity contribution in [2.75, 3.05) is 0 Å². The second-order valence-corrected chi connectivity index (χ2v) is 5.71. The van der Waals surface area contributed by atoms with Gasteiger partial charge in [-0.3, -0.25) is 4.90 Å². The predicted octanol–water partition coefficient (Wildman–Crippen LogP) is 3.54. The molecule has 0 amide bonds. The molecule has 14 heavy (non-hydrogen) atoms. The average Bonchev–Trinajstić information content (AvgIpc) is 2.01. The largest absolute Gasteiger partial charge is 0.296 e. The molecule has 1 aliphatic heterocycles. The van der Waals surface area contributed by atoms with Gasteiger partial charge in [0.25, 0.3) is 0 Å². The molecule has 0 spiro atoms.